The van der Waals surface area contributed by atoms with Crippen molar-refractivity contribution in [1.82, 2.24) is 9.97 Å². The molecular formula is C27H26N4O7S. The number of nitrogens with zero attached hydrogens (tertiary/aromatic N) is 2. The number of rotatable bonds is 8. The number of hydrogen-bond acceptors (Lipinski definition) is 10. The van der Waals surface area contributed by atoms with E-state index in [0.717, 1.165) is 22.8 Å². The smallest absolute Gasteiger partial charge is 0.353 e. The van der Waals surface area contributed by atoms with Crippen LogP contribution in [0, 0.1) is 6.92 Å². The zero-order valence-electron chi connectivity index (χ0n) is 21.9. The number of methoxy groups -OCH3 is 2. The standard InChI is InChI=1S/C27H26N4O7S/c1-15-18(24-19-13-22(36-3)23(37-4)14-21(19)30-27(28-2)31-24)7-6-8-20(15)29-25(32)16-9-11-17(12-10-16)26(33)38-39(5,34)35/h6-14H,1-5H3,(H,29,32)(H,28,30,31). The number of nitrogens with one attached hydrogen (secondary N) is 2. The van der Waals surface area contributed by atoms with Crippen LogP contribution in [0.5, 0.6) is 11.5 Å². The number of hydrogen-bond donors (Lipinski definition) is 2. The lowest BCUT2D eigenvalue weighted by Gasteiger charge is -2.16. The first kappa shape index (κ1) is 27.3. The van der Waals surface area contributed by atoms with Crippen molar-refractivity contribution in [3.05, 3.63) is 71.3 Å². The first-order valence-corrected chi connectivity index (χ1v) is 13.4. The van der Waals surface area contributed by atoms with Gasteiger partial charge in [0.15, 0.2) is 11.5 Å². The van der Waals surface area contributed by atoms with E-state index in [1.807, 2.05) is 19.1 Å². The minimum Gasteiger partial charge on any atom is -0.493 e. The third-order valence-corrected chi connectivity index (χ3v) is 6.33. The van der Waals surface area contributed by atoms with Crippen molar-refractivity contribution in [3.8, 4) is 22.8 Å². The molecule has 202 valence electrons. The highest BCUT2D eigenvalue weighted by molar-refractivity contribution is 7.86. The molecule has 0 bridgehead atoms. The van der Waals surface area contributed by atoms with Gasteiger partial charge in [0.05, 0.1) is 37.2 Å². The molecule has 1 heterocycles. The van der Waals surface area contributed by atoms with Gasteiger partial charge in [0, 0.05) is 35.3 Å². The molecule has 0 aliphatic rings. The van der Waals surface area contributed by atoms with Gasteiger partial charge in [0.1, 0.15) is 0 Å². The summed E-state index contributed by atoms with van der Waals surface area (Å²) >= 11 is 0. The highest BCUT2D eigenvalue weighted by Gasteiger charge is 2.19. The van der Waals surface area contributed by atoms with Crippen LogP contribution in [0.25, 0.3) is 22.2 Å². The molecule has 0 fully saturated rings. The Hall–Kier alpha value is -4.71. The molecule has 0 spiro atoms. The zero-order valence-corrected chi connectivity index (χ0v) is 22.7. The summed E-state index contributed by atoms with van der Waals surface area (Å²) in [5, 5.41) is 6.60. The van der Waals surface area contributed by atoms with E-state index in [2.05, 4.69) is 19.8 Å². The number of carbonyl (C=O) groups is 2. The van der Waals surface area contributed by atoms with Crippen molar-refractivity contribution in [1.29, 1.82) is 0 Å². The van der Waals surface area contributed by atoms with Gasteiger partial charge in [-0.3, -0.25) is 4.79 Å². The lowest BCUT2D eigenvalue weighted by atomic mass is 9.99. The van der Waals surface area contributed by atoms with Gasteiger partial charge in [-0.2, -0.15) is 8.42 Å². The summed E-state index contributed by atoms with van der Waals surface area (Å²) in [5.74, 6) is 0.0181. The van der Waals surface area contributed by atoms with Crippen LogP contribution < -0.4 is 20.1 Å². The maximum Gasteiger partial charge on any atom is 0.353 e. The minimum absolute atomic E-state index is 0.00168. The van der Waals surface area contributed by atoms with E-state index in [1.165, 1.54) is 24.3 Å². The summed E-state index contributed by atoms with van der Waals surface area (Å²) < 4.78 is 37.7. The Kier molecular flexibility index (Phi) is 7.68. The van der Waals surface area contributed by atoms with Gasteiger partial charge < -0.3 is 24.3 Å². The molecule has 0 saturated heterocycles. The molecule has 0 atom stereocenters. The SMILES string of the molecule is CNc1nc(-c2cccc(NC(=O)c3ccc(C(=O)OS(C)(=O)=O)cc3)c2C)c2cc(OC)c(OC)cc2n1. The van der Waals surface area contributed by atoms with Crippen molar-refractivity contribution < 1.29 is 31.7 Å². The second-order valence-corrected chi connectivity index (χ2v) is 10.0. The Labute approximate surface area is 225 Å². The Morgan fingerprint density at radius 3 is 2.15 bits per heavy atom. The summed E-state index contributed by atoms with van der Waals surface area (Å²) in [5.41, 5.74) is 3.61. The van der Waals surface area contributed by atoms with E-state index in [4.69, 9.17) is 14.5 Å². The number of carbonyl (C=O) groups excluding carboxylic acids is 2. The first-order chi connectivity index (χ1) is 18.5. The summed E-state index contributed by atoms with van der Waals surface area (Å²) in [7, 11) is 0.874. The fraction of sp³-hybridized carbons (Fsp3) is 0.185. The van der Waals surface area contributed by atoms with E-state index < -0.39 is 22.0 Å². The molecule has 3 aromatic carbocycles. The molecule has 0 radical (unpaired) electrons. The summed E-state index contributed by atoms with van der Waals surface area (Å²) in [6.45, 7) is 1.86. The molecule has 0 aliphatic heterocycles. The Bertz CT molecular complexity index is 1690. The van der Waals surface area contributed by atoms with E-state index >= 15 is 0 Å². The largest absolute Gasteiger partial charge is 0.493 e. The fourth-order valence-corrected chi connectivity index (χ4v) is 4.31. The highest BCUT2D eigenvalue weighted by Crippen LogP contribution is 2.38. The van der Waals surface area contributed by atoms with Crippen LogP contribution in [-0.2, 0) is 14.3 Å². The Morgan fingerprint density at radius 1 is 0.897 bits per heavy atom. The van der Waals surface area contributed by atoms with Crippen molar-refractivity contribution in [2.24, 2.45) is 0 Å². The molecular weight excluding hydrogens is 524 g/mol. The maximum atomic E-state index is 13.0. The van der Waals surface area contributed by atoms with Gasteiger partial charge in [-0.1, -0.05) is 12.1 Å². The second-order valence-electron chi connectivity index (χ2n) is 8.45. The number of ether oxygens (including phenoxy) is 2. The van der Waals surface area contributed by atoms with Crippen LogP contribution in [0.1, 0.15) is 26.3 Å². The van der Waals surface area contributed by atoms with Gasteiger partial charge in [0.25, 0.3) is 5.91 Å². The Morgan fingerprint density at radius 2 is 1.54 bits per heavy atom. The van der Waals surface area contributed by atoms with Gasteiger partial charge >= 0.3 is 16.1 Å². The fourth-order valence-electron chi connectivity index (χ4n) is 3.94. The van der Waals surface area contributed by atoms with Crippen molar-refractivity contribution >= 4 is 44.5 Å². The van der Waals surface area contributed by atoms with Crippen molar-refractivity contribution in [3.63, 3.8) is 0 Å². The van der Waals surface area contributed by atoms with Gasteiger partial charge in [-0.15, -0.1) is 0 Å². The Balaban J connectivity index is 1.69. The summed E-state index contributed by atoms with van der Waals surface area (Å²) in [6, 6.07) is 14.5. The minimum atomic E-state index is -3.95. The molecule has 39 heavy (non-hydrogen) atoms. The number of benzene rings is 3. The number of anilines is 2. The van der Waals surface area contributed by atoms with E-state index in [1.54, 1.807) is 39.5 Å². The van der Waals surface area contributed by atoms with Crippen LogP contribution in [0.3, 0.4) is 0 Å². The quantitative estimate of drug-likeness (QED) is 0.308. The van der Waals surface area contributed by atoms with Gasteiger partial charge in [-0.05, 0) is 48.9 Å². The van der Waals surface area contributed by atoms with Crippen LogP contribution in [0.4, 0.5) is 11.6 Å². The molecule has 0 aliphatic carbocycles. The zero-order chi connectivity index (χ0) is 28.3. The topological polar surface area (TPSA) is 146 Å². The third kappa shape index (κ3) is 5.91. The average Bonchev–Trinajstić information content (AvgIpc) is 2.91. The van der Waals surface area contributed by atoms with Crippen LogP contribution >= 0.6 is 0 Å². The third-order valence-electron chi connectivity index (χ3n) is 5.87. The molecule has 2 N–H and O–H groups in total. The van der Waals surface area contributed by atoms with Crippen LogP contribution in [0.2, 0.25) is 0 Å². The monoisotopic (exact) mass is 550 g/mol. The predicted octanol–water partition coefficient (Wildman–Crippen LogP) is 4.03. The molecule has 1 amide bonds. The van der Waals surface area contributed by atoms with Gasteiger partial charge in [0.2, 0.25) is 5.95 Å². The van der Waals surface area contributed by atoms with Crippen molar-refractivity contribution in [2.75, 3.05) is 38.2 Å². The number of aromatic nitrogens is 2. The van der Waals surface area contributed by atoms with E-state index in [0.29, 0.717) is 34.3 Å². The molecule has 4 rings (SSSR count). The summed E-state index contributed by atoms with van der Waals surface area (Å²) in [6.07, 6.45) is 0.778. The molecule has 0 saturated carbocycles. The molecule has 0 unspecified atom stereocenters. The number of amides is 1. The van der Waals surface area contributed by atoms with Crippen LogP contribution in [-0.4, -0.2) is 57.8 Å². The number of fused-ring (bicyclic) bond motifs is 1. The predicted molar refractivity (Wildman–Crippen MR) is 147 cm³/mol. The van der Waals surface area contributed by atoms with Crippen molar-refractivity contribution in [2.45, 2.75) is 6.92 Å². The lowest BCUT2D eigenvalue weighted by molar-refractivity contribution is 0.0747. The molecule has 11 nitrogen and oxygen atoms in total. The summed E-state index contributed by atoms with van der Waals surface area (Å²) in [4.78, 5) is 34.2. The molecule has 1 aromatic heterocycles. The maximum absolute atomic E-state index is 13.0. The van der Waals surface area contributed by atoms with Gasteiger partial charge in [-0.25, -0.2) is 14.8 Å². The second kappa shape index (κ2) is 11.0. The average molecular weight is 551 g/mol. The molecule has 12 heteroatoms. The van der Waals surface area contributed by atoms with E-state index in [9.17, 15) is 18.0 Å². The van der Waals surface area contributed by atoms with Crippen LogP contribution in [0.15, 0.2) is 54.6 Å². The first-order valence-electron chi connectivity index (χ1n) is 11.6. The normalized spacial score (nSPS) is 11.1. The van der Waals surface area contributed by atoms with E-state index in [-0.39, 0.29) is 11.1 Å². The highest BCUT2D eigenvalue weighted by atomic mass is 32.2. The lowest BCUT2D eigenvalue weighted by Crippen LogP contribution is -2.14. The molecule has 4 aromatic rings.